The number of pyridine rings is 1. The van der Waals surface area contributed by atoms with Gasteiger partial charge in [0.15, 0.2) is 0 Å². The first-order valence-corrected chi connectivity index (χ1v) is 8.94. The fraction of sp³-hybridized carbons (Fsp3) is 0.400. The molecule has 0 aliphatic carbocycles. The highest BCUT2D eigenvalue weighted by atomic mass is 16.6. The summed E-state index contributed by atoms with van der Waals surface area (Å²) in [5, 5.41) is 10.8. The van der Waals surface area contributed by atoms with Crippen LogP contribution >= 0.6 is 0 Å². The molecule has 2 heterocycles. The number of urea groups is 1. The number of carbonyl (C=O) groups is 1. The van der Waals surface area contributed by atoms with Crippen LogP contribution in [-0.4, -0.2) is 33.3 Å². The molecule has 142 valence electrons. The number of nitrogens with one attached hydrogen (secondary N) is 1. The van der Waals surface area contributed by atoms with Gasteiger partial charge in [0.25, 0.3) is 0 Å². The molecule has 0 aliphatic rings. The molecule has 0 radical (unpaired) electrons. The van der Waals surface area contributed by atoms with Gasteiger partial charge in [0, 0.05) is 26.0 Å². The quantitative estimate of drug-likeness (QED) is 0.738. The number of hydrogen-bond donors (Lipinski definition) is 1. The van der Waals surface area contributed by atoms with Crippen LogP contribution in [-0.2, 0) is 6.54 Å². The Labute approximate surface area is 158 Å². The Morgan fingerprint density at radius 2 is 2.00 bits per heavy atom. The summed E-state index contributed by atoms with van der Waals surface area (Å²) >= 11 is 0. The molecule has 3 aromatic rings. The third-order valence-corrected chi connectivity index (χ3v) is 4.29. The highest BCUT2D eigenvalue weighted by molar-refractivity contribution is 5.76. The van der Waals surface area contributed by atoms with Gasteiger partial charge in [-0.15, -0.1) is 0 Å². The smallest absolute Gasteiger partial charge is 0.317 e. The minimum Gasteiger partial charge on any atom is -0.331 e. The summed E-state index contributed by atoms with van der Waals surface area (Å²) in [5.74, 6) is 0. The van der Waals surface area contributed by atoms with Crippen LogP contribution in [0.15, 0.2) is 47.4 Å². The summed E-state index contributed by atoms with van der Waals surface area (Å²) in [7, 11) is 1.78. The van der Waals surface area contributed by atoms with Crippen molar-refractivity contribution in [2.24, 2.45) is 5.41 Å². The van der Waals surface area contributed by atoms with E-state index >= 15 is 0 Å². The lowest BCUT2D eigenvalue weighted by atomic mass is 9.86. The van der Waals surface area contributed by atoms with Crippen molar-refractivity contribution in [3.05, 3.63) is 53.9 Å². The number of carbonyl (C=O) groups excluding carboxylic acids is 1. The molecule has 0 saturated carbocycles. The van der Waals surface area contributed by atoms with Crippen LogP contribution in [0.1, 0.15) is 44.4 Å². The van der Waals surface area contributed by atoms with Gasteiger partial charge in [0.2, 0.25) is 0 Å². The molecule has 2 amide bonds. The van der Waals surface area contributed by atoms with Crippen LogP contribution in [0.2, 0.25) is 0 Å². The SMILES string of the molecule is CN(Cc1ccc2nonc2c1)C(=O)NC(CC(C)(C)C)c1cccnc1. The monoisotopic (exact) mass is 367 g/mol. The van der Waals surface area contributed by atoms with Crippen molar-refractivity contribution >= 4 is 17.1 Å². The minimum atomic E-state index is -0.133. The molecular weight excluding hydrogens is 342 g/mol. The summed E-state index contributed by atoms with van der Waals surface area (Å²) in [6.45, 7) is 6.94. The highest BCUT2D eigenvalue weighted by Gasteiger charge is 2.23. The standard InChI is InChI=1S/C20H25N5O2/c1-20(2,3)11-18(15-6-5-9-21-12-15)22-19(26)25(4)13-14-7-8-16-17(10-14)24-27-23-16/h5-10,12,18H,11,13H2,1-4H3,(H,22,26). The Hall–Kier alpha value is -2.96. The molecule has 7 nitrogen and oxygen atoms in total. The summed E-state index contributed by atoms with van der Waals surface area (Å²) in [5.41, 5.74) is 3.42. The number of benzene rings is 1. The molecule has 0 spiro atoms. The number of rotatable bonds is 5. The molecule has 0 aliphatic heterocycles. The lowest BCUT2D eigenvalue weighted by molar-refractivity contribution is 0.197. The average Bonchev–Trinajstić information content (AvgIpc) is 3.08. The van der Waals surface area contributed by atoms with Crippen molar-refractivity contribution in [3.63, 3.8) is 0 Å². The highest BCUT2D eigenvalue weighted by Crippen LogP contribution is 2.29. The minimum absolute atomic E-state index is 0.0668. The summed E-state index contributed by atoms with van der Waals surface area (Å²) in [6, 6.07) is 9.29. The van der Waals surface area contributed by atoms with Gasteiger partial charge in [-0.1, -0.05) is 32.9 Å². The molecule has 0 saturated heterocycles. The molecule has 3 rings (SSSR count). The largest absolute Gasteiger partial charge is 0.331 e. The van der Waals surface area contributed by atoms with Crippen LogP contribution in [0.3, 0.4) is 0 Å². The zero-order valence-corrected chi connectivity index (χ0v) is 16.1. The molecule has 1 N–H and O–H groups in total. The van der Waals surface area contributed by atoms with Gasteiger partial charge in [0.05, 0.1) is 6.04 Å². The van der Waals surface area contributed by atoms with Crippen LogP contribution in [0.4, 0.5) is 4.79 Å². The lowest BCUT2D eigenvalue weighted by Crippen LogP contribution is -2.40. The molecule has 1 unspecified atom stereocenters. The molecule has 7 heteroatoms. The van der Waals surface area contributed by atoms with E-state index in [0.717, 1.165) is 17.5 Å². The predicted octanol–water partition coefficient (Wildman–Crippen LogP) is 3.94. The summed E-state index contributed by atoms with van der Waals surface area (Å²) in [6.07, 6.45) is 4.36. The van der Waals surface area contributed by atoms with Gasteiger partial charge in [-0.25, -0.2) is 9.42 Å². The second-order valence-electron chi connectivity index (χ2n) is 8.00. The van der Waals surface area contributed by atoms with E-state index in [-0.39, 0.29) is 17.5 Å². The molecule has 0 fully saturated rings. The van der Waals surface area contributed by atoms with Crippen molar-refractivity contribution < 1.29 is 9.42 Å². The van der Waals surface area contributed by atoms with Gasteiger partial charge in [0.1, 0.15) is 11.0 Å². The second kappa shape index (κ2) is 7.73. The van der Waals surface area contributed by atoms with E-state index in [1.165, 1.54) is 0 Å². The Morgan fingerprint density at radius 3 is 2.70 bits per heavy atom. The maximum atomic E-state index is 12.8. The number of fused-ring (bicyclic) bond motifs is 1. The maximum absolute atomic E-state index is 12.8. The Morgan fingerprint density at radius 1 is 1.22 bits per heavy atom. The van der Waals surface area contributed by atoms with Crippen molar-refractivity contribution in [2.45, 2.75) is 39.8 Å². The topological polar surface area (TPSA) is 84.2 Å². The Balaban J connectivity index is 1.70. The molecule has 1 atom stereocenters. The van der Waals surface area contributed by atoms with Gasteiger partial charge in [-0.05, 0) is 51.5 Å². The Kier molecular flexibility index (Phi) is 5.39. The van der Waals surface area contributed by atoms with E-state index in [9.17, 15) is 4.79 Å². The van der Waals surface area contributed by atoms with Crippen molar-refractivity contribution in [2.75, 3.05) is 7.05 Å². The molecular formula is C20H25N5O2. The summed E-state index contributed by atoms with van der Waals surface area (Å²) in [4.78, 5) is 18.6. The van der Waals surface area contributed by atoms with Crippen molar-refractivity contribution in [1.82, 2.24) is 25.5 Å². The first-order valence-electron chi connectivity index (χ1n) is 8.94. The van der Waals surface area contributed by atoms with Crippen LogP contribution in [0, 0.1) is 5.41 Å². The van der Waals surface area contributed by atoms with Gasteiger partial charge in [-0.3, -0.25) is 4.98 Å². The van der Waals surface area contributed by atoms with E-state index < -0.39 is 0 Å². The molecule has 1 aromatic carbocycles. The fourth-order valence-corrected chi connectivity index (χ4v) is 2.98. The zero-order valence-electron chi connectivity index (χ0n) is 16.1. The zero-order chi connectivity index (χ0) is 19.4. The number of aromatic nitrogens is 3. The van der Waals surface area contributed by atoms with Crippen molar-refractivity contribution in [1.29, 1.82) is 0 Å². The van der Waals surface area contributed by atoms with Crippen LogP contribution < -0.4 is 5.32 Å². The summed E-state index contributed by atoms with van der Waals surface area (Å²) < 4.78 is 4.72. The number of hydrogen-bond acceptors (Lipinski definition) is 5. The molecule has 0 bridgehead atoms. The van der Waals surface area contributed by atoms with E-state index in [4.69, 9.17) is 4.63 Å². The van der Waals surface area contributed by atoms with E-state index in [1.807, 2.05) is 36.5 Å². The Bertz CT molecular complexity index is 901. The lowest BCUT2D eigenvalue weighted by Gasteiger charge is -2.29. The van der Waals surface area contributed by atoms with Gasteiger partial charge in [-0.2, -0.15) is 0 Å². The maximum Gasteiger partial charge on any atom is 0.317 e. The third-order valence-electron chi connectivity index (χ3n) is 4.29. The molecule has 2 aromatic heterocycles. The van der Waals surface area contributed by atoms with E-state index in [2.05, 4.69) is 41.4 Å². The van der Waals surface area contributed by atoms with E-state index in [0.29, 0.717) is 17.6 Å². The van der Waals surface area contributed by atoms with Crippen LogP contribution in [0.25, 0.3) is 11.0 Å². The number of amides is 2. The second-order valence-corrected chi connectivity index (χ2v) is 8.00. The molecule has 27 heavy (non-hydrogen) atoms. The normalized spacial score (nSPS) is 12.7. The fourth-order valence-electron chi connectivity index (χ4n) is 2.98. The first-order chi connectivity index (χ1) is 12.8. The van der Waals surface area contributed by atoms with Gasteiger partial charge < -0.3 is 10.2 Å². The van der Waals surface area contributed by atoms with Gasteiger partial charge >= 0.3 is 6.03 Å². The third kappa shape index (κ3) is 5.03. The van der Waals surface area contributed by atoms with E-state index in [1.54, 1.807) is 18.1 Å². The average molecular weight is 367 g/mol. The van der Waals surface area contributed by atoms with Crippen molar-refractivity contribution in [3.8, 4) is 0 Å². The predicted molar refractivity (Wildman–Crippen MR) is 103 cm³/mol. The van der Waals surface area contributed by atoms with Crippen LogP contribution in [0.5, 0.6) is 0 Å². The number of nitrogens with zero attached hydrogens (tertiary/aromatic N) is 4. The first kappa shape index (κ1) is 18.8.